The lowest BCUT2D eigenvalue weighted by atomic mass is 9.83. The van der Waals surface area contributed by atoms with E-state index in [1.54, 1.807) is 44.2 Å². The molecule has 1 aliphatic heterocycles. The Kier molecular flexibility index (Phi) is 7.36. The van der Waals surface area contributed by atoms with Gasteiger partial charge in [-0.2, -0.15) is 5.26 Å². The standard InChI is InChI=1S/C25H25N3O5/c1-4-31-25(30)22-16(3)33-24(27)20(13-26)23(22)17-8-6-10-19(12-17)32-14-21(29)28-18-9-5-7-15(2)11-18/h5-12,23H,4,14,27H2,1-3H3,(H,28,29). The molecule has 33 heavy (non-hydrogen) atoms. The second-order valence-corrected chi connectivity index (χ2v) is 7.39. The number of nitriles is 1. The van der Waals surface area contributed by atoms with Crippen molar-refractivity contribution in [2.24, 2.45) is 5.73 Å². The van der Waals surface area contributed by atoms with Gasteiger partial charge in [0.2, 0.25) is 5.88 Å². The average molecular weight is 447 g/mol. The van der Waals surface area contributed by atoms with Gasteiger partial charge >= 0.3 is 5.97 Å². The number of esters is 1. The van der Waals surface area contributed by atoms with Gasteiger partial charge in [-0.1, -0.05) is 24.3 Å². The maximum Gasteiger partial charge on any atom is 0.338 e. The van der Waals surface area contributed by atoms with Crippen molar-refractivity contribution in [3.8, 4) is 11.8 Å². The van der Waals surface area contributed by atoms with Crippen molar-refractivity contribution in [3.05, 3.63) is 82.4 Å². The molecule has 0 fully saturated rings. The number of aryl methyl sites for hydroxylation is 1. The van der Waals surface area contributed by atoms with Crippen molar-refractivity contribution >= 4 is 17.6 Å². The molecule has 2 aromatic carbocycles. The summed E-state index contributed by atoms with van der Waals surface area (Å²) in [6.45, 7) is 5.18. The fourth-order valence-electron chi connectivity index (χ4n) is 3.54. The highest BCUT2D eigenvalue weighted by Gasteiger charge is 2.36. The highest BCUT2D eigenvalue weighted by Crippen LogP contribution is 2.40. The summed E-state index contributed by atoms with van der Waals surface area (Å²) in [5, 5.41) is 12.5. The van der Waals surface area contributed by atoms with Crippen molar-refractivity contribution < 1.29 is 23.8 Å². The van der Waals surface area contributed by atoms with E-state index in [-0.39, 0.29) is 41.9 Å². The number of carbonyl (C=O) groups excluding carboxylic acids is 2. The maximum absolute atomic E-state index is 12.6. The molecule has 2 aromatic rings. The molecule has 3 N–H and O–H groups in total. The average Bonchev–Trinajstić information content (AvgIpc) is 2.77. The zero-order valence-corrected chi connectivity index (χ0v) is 18.7. The van der Waals surface area contributed by atoms with Crippen LogP contribution >= 0.6 is 0 Å². The van der Waals surface area contributed by atoms with E-state index in [0.29, 0.717) is 17.0 Å². The molecule has 8 nitrogen and oxygen atoms in total. The Labute approximate surface area is 192 Å². The summed E-state index contributed by atoms with van der Waals surface area (Å²) in [6.07, 6.45) is 0. The van der Waals surface area contributed by atoms with Gasteiger partial charge < -0.3 is 25.3 Å². The van der Waals surface area contributed by atoms with Crippen LogP contribution < -0.4 is 15.8 Å². The number of nitrogens with zero attached hydrogens (tertiary/aromatic N) is 1. The van der Waals surface area contributed by atoms with Gasteiger partial charge in [0.05, 0.1) is 18.1 Å². The van der Waals surface area contributed by atoms with Crippen LogP contribution in [0.15, 0.2) is 71.3 Å². The van der Waals surface area contributed by atoms with Crippen LogP contribution in [0.4, 0.5) is 5.69 Å². The van der Waals surface area contributed by atoms with E-state index in [1.807, 2.05) is 31.2 Å². The molecule has 1 amide bonds. The van der Waals surface area contributed by atoms with Crippen LogP contribution in [0.5, 0.6) is 5.75 Å². The molecule has 0 saturated carbocycles. The molecule has 1 heterocycles. The molecule has 8 heteroatoms. The molecule has 1 aliphatic rings. The molecule has 0 spiro atoms. The Morgan fingerprint density at radius 1 is 1.18 bits per heavy atom. The highest BCUT2D eigenvalue weighted by atomic mass is 16.5. The number of nitrogens with two attached hydrogens (primary N) is 1. The number of anilines is 1. The largest absolute Gasteiger partial charge is 0.484 e. The quantitative estimate of drug-likeness (QED) is 0.621. The first-order chi connectivity index (χ1) is 15.8. The van der Waals surface area contributed by atoms with Gasteiger partial charge in [-0.05, 0) is 56.2 Å². The normalized spacial score (nSPS) is 15.4. The van der Waals surface area contributed by atoms with Gasteiger partial charge in [-0.25, -0.2) is 4.79 Å². The van der Waals surface area contributed by atoms with Gasteiger partial charge in [-0.15, -0.1) is 0 Å². The van der Waals surface area contributed by atoms with E-state index in [9.17, 15) is 14.9 Å². The Morgan fingerprint density at radius 2 is 1.94 bits per heavy atom. The summed E-state index contributed by atoms with van der Waals surface area (Å²) < 4.78 is 16.3. The fourth-order valence-corrected chi connectivity index (χ4v) is 3.54. The minimum Gasteiger partial charge on any atom is -0.484 e. The summed E-state index contributed by atoms with van der Waals surface area (Å²) in [4.78, 5) is 24.9. The number of allylic oxidation sites excluding steroid dienone is 2. The number of benzene rings is 2. The van der Waals surface area contributed by atoms with E-state index in [2.05, 4.69) is 5.32 Å². The van der Waals surface area contributed by atoms with Crippen LogP contribution in [-0.2, 0) is 19.1 Å². The molecule has 0 aliphatic carbocycles. The van der Waals surface area contributed by atoms with Crippen LogP contribution in [0.2, 0.25) is 0 Å². The number of rotatable bonds is 7. The molecule has 0 radical (unpaired) electrons. The summed E-state index contributed by atoms with van der Waals surface area (Å²) in [5.41, 5.74) is 8.50. The Morgan fingerprint density at radius 3 is 2.64 bits per heavy atom. The first-order valence-corrected chi connectivity index (χ1v) is 10.4. The molecule has 170 valence electrons. The summed E-state index contributed by atoms with van der Waals surface area (Å²) in [6, 6.07) is 16.3. The minimum atomic E-state index is -0.785. The van der Waals surface area contributed by atoms with E-state index in [4.69, 9.17) is 19.9 Å². The molecular formula is C25H25N3O5. The number of hydrogen-bond acceptors (Lipinski definition) is 7. The third kappa shape index (κ3) is 5.52. The van der Waals surface area contributed by atoms with E-state index in [1.165, 1.54) is 0 Å². The van der Waals surface area contributed by atoms with Gasteiger partial charge in [-0.3, -0.25) is 4.79 Å². The topological polar surface area (TPSA) is 124 Å². The minimum absolute atomic E-state index is 0.0723. The van der Waals surface area contributed by atoms with Crippen LogP contribution in [0.3, 0.4) is 0 Å². The number of carbonyl (C=O) groups is 2. The van der Waals surface area contributed by atoms with E-state index < -0.39 is 11.9 Å². The Hall–Kier alpha value is -4.25. The van der Waals surface area contributed by atoms with Crippen LogP contribution in [-0.4, -0.2) is 25.1 Å². The van der Waals surface area contributed by atoms with Crippen LogP contribution in [0.1, 0.15) is 30.9 Å². The Balaban J connectivity index is 1.82. The van der Waals surface area contributed by atoms with Gasteiger partial charge in [0.15, 0.2) is 6.61 Å². The van der Waals surface area contributed by atoms with Crippen molar-refractivity contribution in [2.75, 3.05) is 18.5 Å². The molecule has 1 atom stereocenters. The lowest BCUT2D eigenvalue weighted by molar-refractivity contribution is -0.139. The molecule has 3 rings (SSSR count). The summed E-state index contributed by atoms with van der Waals surface area (Å²) >= 11 is 0. The number of amides is 1. The molecule has 0 aromatic heterocycles. The van der Waals surface area contributed by atoms with Gasteiger partial charge in [0, 0.05) is 5.69 Å². The monoisotopic (exact) mass is 447 g/mol. The second kappa shape index (κ2) is 10.4. The lowest BCUT2D eigenvalue weighted by Crippen LogP contribution is -2.25. The smallest absolute Gasteiger partial charge is 0.338 e. The summed E-state index contributed by atoms with van der Waals surface area (Å²) in [5.74, 6) is -1.11. The van der Waals surface area contributed by atoms with E-state index in [0.717, 1.165) is 5.56 Å². The molecular weight excluding hydrogens is 422 g/mol. The zero-order chi connectivity index (χ0) is 24.0. The third-order valence-electron chi connectivity index (χ3n) is 4.96. The van der Waals surface area contributed by atoms with Gasteiger partial charge in [0.1, 0.15) is 23.2 Å². The predicted octanol–water partition coefficient (Wildman–Crippen LogP) is 3.66. The molecule has 1 unspecified atom stereocenters. The molecule has 0 saturated heterocycles. The second-order valence-electron chi connectivity index (χ2n) is 7.39. The summed E-state index contributed by atoms with van der Waals surface area (Å²) in [7, 11) is 0. The SMILES string of the molecule is CCOC(=O)C1=C(C)OC(N)=C(C#N)C1c1cccc(OCC(=O)Nc2cccc(C)c2)c1. The first-order valence-electron chi connectivity index (χ1n) is 10.4. The zero-order valence-electron chi connectivity index (χ0n) is 18.7. The van der Waals surface area contributed by atoms with E-state index >= 15 is 0 Å². The molecule has 0 bridgehead atoms. The highest BCUT2D eigenvalue weighted by molar-refractivity contribution is 5.93. The number of nitrogens with one attached hydrogen (secondary N) is 1. The van der Waals surface area contributed by atoms with Crippen LogP contribution in [0, 0.1) is 18.3 Å². The van der Waals surface area contributed by atoms with Crippen molar-refractivity contribution in [1.82, 2.24) is 0 Å². The first kappa shape index (κ1) is 23.4. The Bertz CT molecular complexity index is 1180. The fraction of sp³-hybridized carbons (Fsp3) is 0.240. The van der Waals surface area contributed by atoms with Crippen molar-refractivity contribution in [2.45, 2.75) is 26.7 Å². The number of ether oxygens (including phenoxy) is 3. The van der Waals surface area contributed by atoms with Crippen molar-refractivity contribution in [3.63, 3.8) is 0 Å². The predicted molar refractivity (Wildman–Crippen MR) is 122 cm³/mol. The van der Waals surface area contributed by atoms with Crippen molar-refractivity contribution in [1.29, 1.82) is 5.26 Å². The van der Waals surface area contributed by atoms with Gasteiger partial charge in [0.25, 0.3) is 5.91 Å². The lowest BCUT2D eigenvalue weighted by Gasteiger charge is -2.27. The maximum atomic E-state index is 12.6. The third-order valence-corrected chi connectivity index (χ3v) is 4.96. The number of hydrogen-bond donors (Lipinski definition) is 2. The van der Waals surface area contributed by atoms with Crippen LogP contribution in [0.25, 0.3) is 0 Å².